The number of H-pyrrole nitrogens is 1. The molecule has 0 saturated carbocycles. The molecular formula is C12H17N3S2. The molecule has 5 heteroatoms. The van der Waals surface area contributed by atoms with Crippen LogP contribution in [0.2, 0.25) is 0 Å². The van der Waals surface area contributed by atoms with Gasteiger partial charge in [-0.05, 0) is 37.7 Å². The molecule has 0 radical (unpaired) electrons. The van der Waals surface area contributed by atoms with Crippen LogP contribution >= 0.6 is 23.6 Å². The predicted octanol–water partition coefficient (Wildman–Crippen LogP) is 3.79. The minimum absolute atomic E-state index is 0.380. The van der Waals surface area contributed by atoms with Gasteiger partial charge in [0.05, 0.1) is 6.54 Å². The topological polar surface area (TPSA) is 33.6 Å². The molecule has 1 N–H and O–H groups in total. The van der Waals surface area contributed by atoms with Crippen LogP contribution in [-0.2, 0) is 6.54 Å². The van der Waals surface area contributed by atoms with E-state index in [-0.39, 0.29) is 0 Å². The molecule has 0 spiro atoms. The Bertz CT molecular complexity index is 555. The van der Waals surface area contributed by atoms with Crippen LogP contribution in [0.25, 0.3) is 0 Å². The first-order valence-electron chi connectivity index (χ1n) is 5.70. The Balaban J connectivity index is 2.35. The van der Waals surface area contributed by atoms with Crippen LogP contribution in [0.15, 0.2) is 6.07 Å². The number of nitrogens with zero attached hydrogens (tertiary/aromatic N) is 2. The Kier molecular flexibility index (Phi) is 3.49. The van der Waals surface area contributed by atoms with Crippen molar-refractivity contribution in [3.63, 3.8) is 0 Å². The van der Waals surface area contributed by atoms with Gasteiger partial charge in [0.25, 0.3) is 0 Å². The molecule has 2 aromatic rings. The van der Waals surface area contributed by atoms with Crippen molar-refractivity contribution in [2.75, 3.05) is 0 Å². The Labute approximate surface area is 111 Å². The number of aromatic amines is 1. The third-order valence-electron chi connectivity index (χ3n) is 2.84. The van der Waals surface area contributed by atoms with Gasteiger partial charge in [-0.25, -0.2) is 0 Å². The Morgan fingerprint density at radius 2 is 2.18 bits per heavy atom. The highest BCUT2D eigenvalue weighted by Gasteiger charge is 2.11. The molecule has 0 fully saturated rings. The van der Waals surface area contributed by atoms with E-state index in [0.29, 0.717) is 10.7 Å². The summed E-state index contributed by atoms with van der Waals surface area (Å²) in [6.45, 7) is 9.38. The normalized spacial score (nSPS) is 11.4. The second-order valence-corrected chi connectivity index (χ2v) is 6.31. The molecular weight excluding hydrogens is 250 g/mol. The van der Waals surface area contributed by atoms with Gasteiger partial charge < -0.3 is 0 Å². The molecule has 17 heavy (non-hydrogen) atoms. The molecule has 0 aliphatic heterocycles. The summed E-state index contributed by atoms with van der Waals surface area (Å²) in [4.78, 5) is 2.71. The molecule has 0 bridgehead atoms. The van der Waals surface area contributed by atoms with Crippen molar-refractivity contribution in [1.29, 1.82) is 0 Å². The lowest BCUT2D eigenvalue weighted by molar-refractivity contribution is 0.669. The molecule has 2 rings (SSSR count). The maximum atomic E-state index is 5.28. The largest absolute Gasteiger partial charge is 0.299 e. The van der Waals surface area contributed by atoms with E-state index in [2.05, 4.69) is 48.5 Å². The molecule has 0 unspecified atom stereocenters. The molecule has 0 atom stereocenters. The molecule has 92 valence electrons. The van der Waals surface area contributed by atoms with E-state index in [4.69, 9.17) is 12.2 Å². The summed E-state index contributed by atoms with van der Waals surface area (Å²) in [6.07, 6.45) is 0. The minimum atomic E-state index is 0.380. The lowest BCUT2D eigenvalue weighted by atomic mass is 10.2. The molecule has 2 aromatic heterocycles. The van der Waals surface area contributed by atoms with Crippen LogP contribution in [0.4, 0.5) is 0 Å². The van der Waals surface area contributed by atoms with Gasteiger partial charge in [0, 0.05) is 15.7 Å². The smallest absolute Gasteiger partial charge is 0.195 e. The predicted molar refractivity (Wildman–Crippen MR) is 74.4 cm³/mol. The van der Waals surface area contributed by atoms with Crippen LogP contribution < -0.4 is 0 Å². The van der Waals surface area contributed by atoms with Gasteiger partial charge in [0.1, 0.15) is 5.82 Å². The van der Waals surface area contributed by atoms with Gasteiger partial charge >= 0.3 is 0 Å². The number of hydrogen-bond donors (Lipinski definition) is 1. The van der Waals surface area contributed by atoms with Crippen LogP contribution in [0.5, 0.6) is 0 Å². The monoisotopic (exact) mass is 267 g/mol. The molecule has 2 heterocycles. The Hall–Kier alpha value is -0.940. The van der Waals surface area contributed by atoms with E-state index in [1.54, 1.807) is 0 Å². The van der Waals surface area contributed by atoms with Gasteiger partial charge in [0.15, 0.2) is 4.77 Å². The van der Waals surface area contributed by atoms with E-state index in [1.807, 2.05) is 11.3 Å². The lowest BCUT2D eigenvalue weighted by Gasteiger charge is -2.07. The number of hydrogen-bond acceptors (Lipinski definition) is 3. The van der Waals surface area contributed by atoms with Crippen molar-refractivity contribution >= 4 is 23.6 Å². The average Bonchev–Trinajstić information content (AvgIpc) is 2.74. The van der Waals surface area contributed by atoms with Gasteiger partial charge in [-0.2, -0.15) is 5.10 Å². The SMILES string of the molecule is Cc1cc(Cn2c(C(C)C)n[nH]c2=S)sc1C. The van der Waals surface area contributed by atoms with Crippen LogP contribution in [0.3, 0.4) is 0 Å². The maximum absolute atomic E-state index is 5.28. The van der Waals surface area contributed by atoms with E-state index in [1.165, 1.54) is 15.3 Å². The Morgan fingerprint density at radius 1 is 1.47 bits per heavy atom. The van der Waals surface area contributed by atoms with Gasteiger partial charge in [-0.3, -0.25) is 9.67 Å². The number of nitrogens with one attached hydrogen (secondary N) is 1. The zero-order valence-corrected chi connectivity index (χ0v) is 12.2. The summed E-state index contributed by atoms with van der Waals surface area (Å²) in [5, 5.41) is 7.17. The van der Waals surface area contributed by atoms with Crippen molar-refractivity contribution in [2.45, 2.75) is 40.2 Å². The lowest BCUT2D eigenvalue weighted by Crippen LogP contribution is -2.05. The summed E-state index contributed by atoms with van der Waals surface area (Å²) in [5.74, 6) is 1.41. The van der Waals surface area contributed by atoms with Gasteiger partial charge in [-0.1, -0.05) is 13.8 Å². The second kappa shape index (κ2) is 4.74. The first-order chi connectivity index (χ1) is 7.99. The van der Waals surface area contributed by atoms with Crippen molar-refractivity contribution in [2.24, 2.45) is 0 Å². The van der Waals surface area contributed by atoms with E-state index < -0.39 is 0 Å². The van der Waals surface area contributed by atoms with Crippen molar-refractivity contribution < 1.29 is 0 Å². The zero-order chi connectivity index (χ0) is 12.6. The number of aromatic nitrogens is 3. The molecule has 3 nitrogen and oxygen atoms in total. The fourth-order valence-corrected chi connectivity index (χ4v) is 3.05. The van der Waals surface area contributed by atoms with Crippen molar-refractivity contribution in [1.82, 2.24) is 14.8 Å². The summed E-state index contributed by atoms with van der Waals surface area (Å²) in [5.41, 5.74) is 1.35. The van der Waals surface area contributed by atoms with Gasteiger partial charge in [-0.15, -0.1) is 11.3 Å². The number of rotatable bonds is 3. The standard InChI is InChI=1S/C12H17N3S2/c1-7(2)11-13-14-12(16)15(11)6-10-5-8(3)9(4)17-10/h5,7H,6H2,1-4H3,(H,14,16). The first-order valence-corrected chi connectivity index (χ1v) is 6.92. The highest BCUT2D eigenvalue weighted by molar-refractivity contribution is 7.71. The minimum Gasteiger partial charge on any atom is -0.299 e. The summed E-state index contributed by atoms with van der Waals surface area (Å²) in [7, 11) is 0. The van der Waals surface area contributed by atoms with Gasteiger partial charge in [0.2, 0.25) is 0 Å². The average molecular weight is 267 g/mol. The second-order valence-electron chi connectivity index (χ2n) is 4.58. The fourth-order valence-electron chi connectivity index (χ4n) is 1.81. The Morgan fingerprint density at radius 3 is 2.71 bits per heavy atom. The summed E-state index contributed by atoms with van der Waals surface area (Å²) >= 11 is 7.11. The van der Waals surface area contributed by atoms with E-state index in [0.717, 1.165) is 12.4 Å². The molecule has 0 amide bonds. The van der Waals surface area contributed by atoms with E-state index in [9.17, 15) is 0 Å². The maximum Gasteiger partial charge on any atom is 0.195 e. The summed E-state index contributed by atoms with van der Waals surface area (Å²) in [6, 6.07) is 2.24. The van der Waals surface area contributed by atoms with Crippen molar-refractivity contribution in [3.8, 4) is 0 Å². The highest BCUT2D eigenvalue weighted by atomic mass is 32.1. The fraction of sp³-hybridized carbons (Fsp3) is 0.500. The van der Waals surface area contributed by atoms with E-state index >= 15 is 0 Å². The zero-order valence-electron chi connectivity index (χ0n) is 10.6. The van der Waals surface area contributed by atoms with Crippen LogP contribution in [0, 0.1) is 18.6 Å². The van der Waals surface area contributed by atoms with Crippen LogP contribution in [-0.4, -0.2) is 14.8 Å². The van der Waals surface area contributed by atoms with Crippen molar-refractivity contribution in [3.05, 3.63) is 32.0 Å². The molecule has 0 aliphatic rings. The quantitative estimate of drug-likeness (QED) is 0.858. The number of thiophene rings is 1. The third kappa shape index (κ3) is 2.50. The molecule has 0 aliphatic carbocycles. The number of aryl methyl sites for hydroxylation is 2. The molecule has 0 aromatic carbocycles. The molecule has 0 saturated heterocycles. The third-order valence-corrected chi connectivity index (χ3v) is 4.28. The first kappa shape index (κ1) is 12.5. The summed E-state index contributed by atoms with van der Waals surface area (Å²) < 4.78 is 2.79. The van der Waals surface area contributed by atoms with Crippen LogP contribution in [0.1, 0.15) is 40.9 Å². The highest BCUT2D eigenvalue weighted by Crippen LogP contribution is 2.23.